The Hall–Kier alpha value is -0.420. The number of nitrogens with two attached hydrogens (primary N) is 1. The molecule has 1 rings (SSSR count). The number of thioether (sulfide) groups is 1. The normalized spacial score (nSPS) is 15.5. The highest BCUT2D eigenvalue weighted by molar-refractivity contribution is 8.00. The predicted molar refractivity (Wildman–Crippen MR) is 85.6 cm³/mol. The van der Waals surface area contributed by atoms with E-state index >= 15 is 0 Å². The Morgan fingerprint density at radius 2 is 2.15 bits per heavy atom. The number of hydrogen-bond donors (Lipinski definition) is 1. The average Bonchev–Trinajstić information content (AvgIpc) is 2.33. The number of rotatable bonds is 6. The molecule has 3 nitrogen and oxygen atoms in total. The van der Waals surface area contributed by atoms with E-state index in [1.165, 1.54) is 0 Å². The minimum atomic E-state index is -1.01. The van der Waals surface area contributed by atoms with Crippen molar-refractivity contribution in [1.82, 2.24) is 0 Å². The van der Waals surface area contributed by atoms with Crippen LogP contribution in [0.1, 0.15) is 27.2 Å². The van der Waals surface area contributed by atoms with E-state index in [1.807, 2.05) is 13.0 Å². The molecule has 0 aliphatic heterocycles. The van der Waals surface area contributed by atoms with Gasteiger partial charge in [-0.1, -0.05) is 30.1 Å². The van der Waals surface area contributed by atoms with Crippen LogP contribution >= 0.6 is 35.0 Å². The Labute approximate surface area is 134 Å². The van der Waals surface area contributed by atoms with Gasteiger partial charge in [-0.25, -0.2) is 0 Å². The van der Waals surface area contributed by atoms with Crippen molar-refractivity contribution in [2.24, 2.45) is 5.73 Å². The van der Waals surface area contributed by atoms with Gasteiger partial charge in [0.15, 0.2) is 0 Å². The fraction of sp³-hybridized carbons (Fsp3) is 0.500. The molecule has 0 aliphatic rings. The van der Waals surface area contributed by atoms with E-state index in [9.17, 15) is 4.79 Å². The van der Waals surface area contributed by atoms with E-state index in [1.54, 1.807) is 37.7 Å². The first-order chi connectivity index (χ1) is 9.26. The third-order valence-corrected chi connectivity index (χ3v) is 4.51. The molecule has 0 radical (unpaired) electrons. The first kappa shape index (κ1) is 17.6. The molecule has 2 unspecified atom stereocenters. The van der Waals surface area contributed by atoms with Crippen LogP contribution in [0.4, 0.5) is 0 Å². The molecule has 0 amide bonds. The molecular formula is C14H19Cl2NO2S. The highest BCUT2D eigenvalue weighted by atomic mass is 35.5. The van der Waals surface area contributed by atoms with Gasteiger partial charge in [-0.3, -0.25) is 4.79 Å². The lowest BCUT2D eigenvalue weighted by Gasteiger charge is -2.25. The monoisotopic (exact) mass is 335 g/mol. The second-order valence-electron chi connectivity index (χ2n) is 4.85. The summed E-state index contributed by atoms with van der Waals surface area (Å²) in [5.41, 5.74) is 5.02. The molecule has 1 aromatic carbocycles. The zero-order chi connectivity index (χ0) is 15.3. The molecule has 0 heterocycles. The number of carbonyl (C=O) groups is 1. The first-order valence-corrected chi connectivity index (χ1v) is 7.97. The van der Waals surface area contributed by atoms with Crippen LogP contribution in [0.15, 0.2) is 23.1 Å². The summed E-state index contributed by atoms with van der Waals surface area (Å²) in [6.07, 6.45) is 0.485. The average molecular weight is 336 g/mol. The van der Waals surface area contributed by atoms with Gasteiger partial charge in [0.25, 0.3) is 0 Å². The van der Waals surface area contributed by atoms with Crippen molar-refractivity contribution < 1.29 is 9.53 Å². The molecule has 0 aliphatic carbocycles. The summed E-state index contributed by atoms with van der Waals surface area (Å²) in [4.78, 5) is 12.7. The Balaban J connectivity index is 2.69. The van der Waals surface area contributed by atoms with Gasteiger partial charge in [0.1, 0.15) is 5.54 Å². The molecule has 0 saturated heterocycles. The smallest absolute Gasteiger partial charge is 0.325 e. The molecule has 2 atom stereocenters. The van der Waals surface area contributed by atoms with Gasteiger partial charge in [-0.15, -0.1) is 11.8 Å². The highest BCUT2D eigenvalue weighted by Gasteiger charge is 2.32. The molecule has 0 spiro atoms. The number of esters is 1. The van der Waals surface area contributed by atoms with Crippen LogP contribution < -0.4 is 5.73 Å². The predicted octanol–water partition coefficient (Wildman–Crippen LogP) is 4.14. The van der Waals surface area contributed by atoms with Crippen LogP contribution in [0.3, 0.4) is 0 Å². The van der Waals surface area contributed by atoms with Gasteiger partial charge < -0.3 is 10.5 Å². The molecule has 6 heteroatoms. The summed E-state index contributed by atoms with van der Waals surface area (Å²) in [7, 11) is 0. The van der Waals surface area contributed by atoms with Crippen LogP contribution in [0, 0.1) is 0 Å². The minimum Gasteiger partial charge on any atom is -0.465 e. The summed E-state index contributed by atoms with van der Waals surface area (Å²) >= 11 is 13.6. The van der Waals surface area contributed by atoms with Crippen molar-refractivity contribution in [3.63, 3.8) is 0 Å². The maximum atomic E-state index is 11.8. The maximum absolute atomic E-state index is 11.8. The zero-order valence-corrected chi connectivity index (χ0v) is 14.1. The second-order valence-corrected chi connectivity index (χ2v) is 7.17. The van der Waals surface area contributed by atoms with Crippen molar-refractivity contribution >= 4 is 40.9 Å². The van der Waals surface area contributed by atoms with Gasteiger partial charge in [-0.2, -0.15) is 0 Å². The SMILES string of the molecule is CCOC(=O)C(C)(N)CC(C)Sc1cc(Cl)ccc1Cl. The summed E-state index contributed by atoms with van der Waals surface area (Å²) in [5, 5.41) is 1.37. The quantitative estimate of drug-likeness (QED) is 0.626. The fourth-order valence-corrected chi connectivity index (χ4v) is 3.53. The van der Waals surface area contributed by atoms with Crippen molar-refractivity contribution in [2.75, 3.05) is 6.61 Å². The van der Waals surface area contributed by atoms with Gasteiger partial charge in [0.05, 0.1) is 11.6 Å². The second kappa shape index (κ2) is 7.55. The molecule has 112 valence electrons. The fourth-order valence-electron chi connectivity index (χ4n) is 1.80. The first-order valence-electron chi connectivity index (χ1n) is 6.34. The number of hydrogen-bond acceptors (Lipinski definition) is 4. The van der Waals surface area contributed by atoms with Crippen molar-refractivity contribution in [3.05, 3.63) is 28.2 Å². The van der Waals surface area contributed by atoms with Gasteiger partial charge in [0.2, 0.25) is 0 Å². The molecule has 1 aromatic rings. The van der Waals surface area contributed by atoms with E-state index in [2.05, 4.69) is 0 Å². The highest BCUT2D eigenvalue weighted by Crippen LogP contribution is 2.35. The summed E-state index contributed by atoms with van der Waals surface area (Å²) in [5.74, 6) is -0.385. The molecule has 0 bridgehead atoms. The number of carbonyl (C=O) groups excluding carboxylic acids is 1. The summed E-state index contributed by atoms with van der Waals surface area (Å²) in [6, 6.07) is 5.31. The standard InChI is InChI=1S/C14H19Cl2NO2S/c1-4-19-13(18)14(3,17)8-9(2)20-12-7-10(15)5-6-11(12)16/h5-7,9H,4,8,17H2,1-3H3. The number of halogens is 2. The lowest BCUT2D eigenvalue weighted by molar-refractivity contribution is -0.149. The molecule has 20 heavy (non-hydrogen) atoms. The van der Waals surface area contributed by atoms with E-state index in [0.29, 0.717) is 23.1 Å². The molecule has 2 N–H and O–H groups in total. The van der Waals surface area contributed by atoms with Crippen LogP contribution in [0.5, 0.6) is 0 Å². The largest absolute Gasteiger partial charge is 0.465 e. The molecule has 0 saturated carbocycles. The van der Waals surface area contributed by atoms with E-state index in [0.717, 1.165) is 4.90 Å². The lowest BCUT2D eigenvalue weighted by Crippen LogP contribution is -2.47. The number of benzene rings is 1. The molecular weight excluding hydrogens is 317 g/mol. The summed E-state index contributed by atoms with van der Waals surface area (Å²) < 4.78 is 4.98. The lowest BCUT2D eigenvalue weighted by atomic mass is 9.98. The van der Waals surface area contributed by atoms with Crippen molar-refractivity contribution in [3.8, 4) is 0 Å². The zero-order valence-electron chi connectivity index (χ0n) is 11.8. The van der Waals surface area contributed by atoms with Crippen molar-refractivity contribution in [2.45, 2.75) is 42.9 Å². The third kappa shape index (κ3) is 5.17. The Morgan fingerprint density at radius 3 is 2.75 bits per heavy atom. The molecule has 0 fully saturated rings. The van der Waals surface area contributed by atoms with Gasteiger partial charge in [0, 0.05) is 15.2 Å². The Bertz CT molecular complexity index is 480. The molecule has 0 aromatic heterocycles. The third-order valence-electron chi connectivity index (χ3n) is 2.67. The Kier molecular flexibility index (Phi) is 6.65. The van der Waals surface area contributed by atoms with E-state index in [4.69, 9.17) is 33.7 Å². The number of ether oxygens (including phenoxy) is 1. The van der Waals surface area contributed by atoms with Crippen LogP contribution in [-0.4, -0.2) is 23.4 Å². The topological polar surface area (TPSA) is 52.3 Å². The van der Waals surface area contributed by atoms with Crippen LogP contribution in [-0.2, 0) is 9.53 Å². The Morgan fingerprint density at radius 1 is 1.50 bits per heavy atom. The minimum absolute atomic E-state index is 0.102. The van der Waals surface area contributed by atoms with E-state index < -0.39 is 5.54 Å². The van der Waals surface area contributed by atoms with Gasteiger partial charge in [-0.05, 0) is 38.5 Å². The van der Waals surface area contributed by atoms with Crippen molar-refractivity contribution in [1.29, 1.82) is 0 Å². The maximum Gasteiger partial charge on any atom is 0.325 e. The summed E-state index contributed by atoms with van der Waals surface area (Å²) in [6.45, 7) is 5.76. The van der Waals surface area contributed by atoms with Gasteiger partial charge >= 0.3 is 5.97 Å². The van der Waals surface area contributed by atoms with Crippen LogP contribution in [0.25, 0.3) is 0 Å². The van der Waals surface area contributed by atoms with E-state index in [-0.39, 0.29) is 11.2 Å². The van der Waals surface area contributed by atoms with Crippen LogP contribution in [0.2, 0.25) is 10.0 Å².